The molecule has 8 heteroatoms. The van der Waals surface area contributed by atoms with Gasteiger partial charge in [-0.1, -0.05) is 0 Å². The summed E-state index contributed by atoms with van der Waals surface area (Å²) < 4.78 is 8.88. The topological polar surface area (TPSA) is 77.8 Å². The molecule has 0 saturated carbocycles. The van der Waals surface area contributed by atoms with Crippen molar-refractivity contribution in [2.45, 2.75) is 0 Å². The quantitative estimate of drug-likeness (QED) is 0.326. The molecular weight excluding hydrogens is 275 g/mol. The summed E-state index contributed by atoms with van der Waals surface area (Å²) >= 11 is 0. The molecule has 0 aromatic rings. The average Bonchev–Trinajstić information content (AvgIpc) is 0.722. The van der Waals surface area contributed by atoms with E-state index in [4.69, 9.17) is 19.2 Å². The molecule has 0 bridgehead atoms. The van der Waals surface area contributed by atoms with Crippen LogP contribution in [0.1, 0.15) is 0 Å². The first-order chi connectivity index (χ1) is 2.00. The number of hydrogen-bond donors (Lipinski definition) is 3. The van der Waals surface area contributed by atoms with E-state index in [0.29, 0.717) is 0 Å². The van der Waals surface area contributed by atoms with Crippen LogP contribution in [0.3, 0.4) is 0 Å². The van der Waals surface area contributed by atoms with Gasteiger partial charge in [0.1, 0.15) is 0 Å². The van der Waals surface area contributed by atoms with E-state index in [1.807, 2.05) is 0 Å². The molecule has 44 valence electrons. The number of phosphoric acid groups is 1. The molecule has 0 aliphatic carbocycles. The van der Waals surface area contributed by atoms with Crippen molar-refractivity contribution in [3.05, 3.63) is 0 Å². The van der Waals surface area contributed by atoms with E-state index in [1.165, 1.54) is 0 Å². The van der Waals surface area contributed by atoms with E-state index in [0.717, 1.165) is 0 Å². The van der Waals surface area contributed by atoms with Crippen LogP contribution < -0.4 is 0 Å². The fourth-order valence-corrected chi connectivity index (χ4v) is 0. The van der Waals surface area contributed by atoms with E-state index >= 15 is 0 Å². The van der Waals surface area contributed by atoms with Crippen LogP contribution in [0.4, 0.5) is 0 Å². The monoisotopic (exact) mass is 282 g/mol. The van der Waals surface area contributed by atoms with Crippen LogP contribution >= 0.6 is 7.82 Å². The van der Waals surface area contributed by atoms with Gasteiger partial charge >= 0.3 is 53.3 Å². The predicted molar refractivity (Wildman–Crippen MR) is 32.7 cm³/mol. The van der Waals surface area contributed by atoms with E-state index in [2.05, 4.69) is 0 Å². The normalized spacial score (nSPS) is 7.38. The molecular formula is H8AlO4PSrZn. The van der Waals surface area contributed by atoms with Crippen molar-refractivity contribution in [2.24, 2.45) is 0 Å². The minimum atomic E-state index is -4.64. The second-order valence-electron chi connectivity index (χ2n) is 0.513. The first-order valence-electron chi connectivity index (χ1n) is 0.783. The average molecular weight is 283 g/mol. The molecule has 0 radical (unpaired) electrons. The first-order valence-corrected chi connectivity index (χ1v) is 2.35. The molecule has 3 N–H and O–H groups in total. The minimum Gasteiger partial charge on any atom is 0 e. The maximum atomic E-state index is 8.88. The summed E-state index contributed by atoms with van der Waals surface area (Å²) in [6, 6.07) is 0. The molecule has 0 fully saturated rings. The largest absolute Gasteiger partial charge is 0 e. The Labute approximate surface area is 107 Å². The molecule has 0 saturated heterocycles. The molecule has 0 heterocycles. The van der Waals surface area contributed by atoms with Gasteiger partial charge in [0.15, 0.2) is 17.4 Å². The Hall–Kier alpha value is 2.75. The Kier molecular flexibility index (Phi) is 27.3. The summed E-state index contributed by atoms with van der Waals surface area (Å²) in [5, 5.41) is 0. The van der Waals surface area contributed by atoms with Crippen molar-refractivity contribution in [2.75, 3.05) is 0 Å². The van der Waals surface area contributed by atoms with Crippen molar-refractivity contribution in [1.82, 2.24) is 0 Å². The van der Waals surface area contributed by atoms with Gasteiger partial charge in [-0.05, 0) is 0 Å². The molecule has 0 atom stereocenters. The van der Waals surface area contributed by atoms with Crippen molar-refractivity contribution in [3.8, 4) is 0 Å². The van der Waals surface area contributed by atoms with E-state index in [-0.39, 0.29) is 82.3 Å². The Morgan fingerprint density at radius 1 is 1.12 bits per heavy atom. The second kappa shape index (κ2) is 9.75. The van der Waals surface area contributed by atoms with Gasteiger partial charge in [-0.25, -0.2) is 4.57 Å². The zero-order chi connectivity index (χ0) is 4.50. The van der Waals surface area contributed by atoms with Crippen LogP contribution in [0.15, 0.2) is 0 Å². The summed E-state index contributed by atoms with van der Waals surface area (Å²) in [5.74, 6) is 0. The molecule has 0 aliphatic rings. The van der Waals surface area contributed by atoms with Crippen LogP contribution in [0, 0.1) is 0 Å². The minimum absolute atomic E-state index is 0. The Morgan fingerprint density at radius 3 is 1.12 bits per heavy atom. The van der Waals surface area contributed by atoms with Gasteiger partial charge in [-0.15, -0.1) is 0 Å². The third-order valence-corrected chi connectivity index (χ3v) is 0. The van der Waals surface area contributed by atoms with Gasteiger partial charge < -0.3 is 14.7 Å². The molecule has 0 amide bonds. The molecule has 8 heavy (non-hydrogen) atoms. The molecule has 0 rings (SSSR count). The zero-order valence-corrected chi connectivity index (χ0v) is 6.77. The van der Waals surface area contributed by atoms with Gasteiger partial charge in [0, 0.05) is 19.5 Å². The summed E-state index contributed by atoms with van der Waals surface area (Å²) in [6.45, 7) is 0. The van der Waals surface area contributed by atoms with Crippen molar-refractivity contribution >= 4 is 70.7 Å². The van der Waals surface area contributed by atoms with Crippen LogP contribution in [0.2, 0.25) is 0 Å². The van der Waals surface area contributed by atoms with Crippen molar-refractivity contribution in [1.29, 1.82) is 0 Å². The first kappa shape index (κ1) is 22.4. The molecule has 0 unspecified atom stereocenters. The molecule has 0 spiro atoms. The molecule has 0 aliphatic heterocycles. The van der Waals surface area contributed by atoms with E-state index in [9.17, 15) is 0 Å². The van der Waals surface area contributed by atoms with Crippen LogP contribution in [-0.2, 0) is 24.0 Å². The Balaban J connectivity index is -0.0000000267. The van der Waals surface area contributed by atoms with Gasteiger partial charge in [0.05, 0.1) is 0 Å². The predicted octanol–water partition coefficient (Wildman–Crippen LogP) is -3.03. The van der Waals surface area contributed by atoms with Gasteiger partial charge in [-0.2, -0.15) is 0 Å². The Bertz CT molecular complexity index is 62.2. The summed E-state index contributed by atoms with van der Waals surface area (Å²) in [7, 11) is -4.64. The van der Waals surface area contributed by atoms with E-state index < -0.39 is 7.82 Å². The molecule has 0 aromatic heterocycles. The standard InChI is InChI=1S/Al.H3O4P.Sr.Zn.5H/c;1-5(2,3)4;;;;;;;/h;(H3,1,2,3,4);;;;;;;. The second-order valence-corrected chi connectivity index (χ2v) is 1.54. The van der Waals surface area contributed by atoms with Crippen LogP contribution in [-0.4, -0.2) is 77.5 Å². The maximum Gasteiger partial charge on any atom is 0 e. The van der Waals surface area contributed by atoms with Gasteiger partial charge in [0.2, 0.25) is 0 Å². The fourth-order valence-electron chi connectivity index (χ4n) is 0. The molecule has 4 nitrogen and oxygen atoms in total. The zero-order valence-electron chi connectivity index (χ0n) is 2.90. The van der Waals surface area contributed by atoms with Crippen molar-refractivity contribution in [3.63, 3.8) is 0 Å². The van der Waals surface area contributed by atoms with Crippen LogP contribution in [0.5, 0.6) is 0 Å². The third kappa shape index (κ3) is 69.6. The number of hydrogen-bond acceptors (Lipinski definition) is 1. The maximum absolute atomic E-state index is 8.88. The fraction of sp³-hybridized carbons (Fsp3) is 0. The van der Waals surface area contributed by atoms with Crippen LogP contribution in [0.25, 0.3) is 0 Å². The number of rotatable bonds is 0. The van der Waals surface area contributed by atoms with Gasteiger partial charge in [-0.3, -0.25) is 0 Å². The summed E-state index contributed by atoms with van der Waals surface area (Å²) in [6.07, 6.45) is 0. The SMILES string of the molecule is O=P(O)(O)O.[AlH3].[SrH2].[Zn]. The van der Waals surface area contributed by atoms with Crippen molar-refractivity contribution < 1.29 is 38.7 Å². The van der Waals surface area contributed by atoms with E-state index in [1.54, 1.807) is 0 Å². The third-order valence-electron chi connectivity index (χ3n) is 0. The smallest absolute Gasteiger partial charge is 0 e. The Morgan fingerprint density at radius 2 is 1.12 bits per heavy atom. The summed E-state index contributed by atoms with van der Waals surface area (Å²) in [4.78, 5) is 21.6. The summed E-state index contributed by atoms with van der Waals surface area (Å²) in [5.41, 5.74) is 0. The molecule has 0 aromatic carbocycles. The van der Waals surface area contributed by atoms with Gasteiger partial charge in [0.25, 0.3) is 0 Å².